The molecule has 62 heavy (non-hydrogen) atoms. The van der Waals surface area contributed by atoms with E-state index in [1.165, 1.54) is 0 Å². The maximum absolute atomic E-state index is 12.6. The molecule has 26 heteroatoms. The van der Waals surface area contributed by atoms with Crippen molar-refractivity contribution in [3.05, 3.63) is 12.2 Å². The number of amides is 3. The van der Waals surface area contributed by atoms with Gasteiger partial charge in [-0.1, -0.05) is 6.58 Å². The minimum absolute atomic E-state index is 0.0497. The summed E-state index contributed by atoms with van der Waals surface area (Å²) in [4.78, 5) is 48.0. The molecule has 4 aliphatic rings. The predicted molar refractivity (Wildman–Crippen MR) is 206 cm³/mol. The zero-order chi connectivity index (χ0) is 45.7. The van der Waals surface area contributed by atoms with Crippen LogP contribution in [0.2, 0.25) is 0 Å². The lowest BCUT2D eigenvalue weighted by Crippen LogP contribution is -2.66. The van der Waals surface area contributed by atoms with Gasteiger partial charge in [-0.15, -0.1) is 0 Å². The van der Waals surface area contributed by atoms with Gasteiger partial charge in [-0.25, -0.2) is 14.4 Å². The van der Waals surface area contributed by atoms with Crippen molar-refractivity contribution in [1.82, 2.24) is 16.0 Å². The Kier molecular flexibility index (Phi) is 20.2. The third-order valence-corrected chi connectivity index (χ3v) is 11.2. The van der Waals surface area contributed by atoms with Gasteiger partial charge in [0, 0.05) is 37.9 Å². The third-order valence-electron chi connectivity index (χ3n) is 10.1. The number of alkyl carbamates (subject to hydrolysis) is 2. The van der Waals surface area contributed by atoms with Gasteiger partial charge in [0.25, 0.3) is 5.79 Å². The van der Waals surface area contributed by atoms with Crippen LogP contribution in [0.25, 0.3) is 0 Å². The molecule has 0 aliphatic carbocycles. The van der Waals surface area contributed by atoms with Crippen molar-refractivity contribution in [2.45, 2.75) is 131 Å². The Bertz CT molecular complexity index is 1480. The highest BCUT2D eigenvalue weighted by atomic mass is 32.2. The number of carboxylic acid groups (broad SMARTS) is 1. The molecule has 4 aliphatic heterocycles. The van der Waals surface area contributed by atoms with Gasteiger partial charge in [-0.05, 0) is 31.9 Å². The Morgan fingerprint density at radius 2 is 1.27 bits per heavy atom. The molecule has 3 amide bonds. The van der Waals surface area contributed by atoms with E-state index in [1.807, 2.05) is 0 Å². The lowest BCUT2D eigenvalue weighted by atomic mass is 9.96. The van der Waals surface area contributed by atoms with Crippen LogP contribution in [-0.2, 0) is 52.2 Å². The Balaban J connectivity index is 1.25. The van der Waals surface area contributed by atoms with Crippen LogP contribution >= 0.6 is 11.8 Å². The average molecular weight is 918 g/mol. The van der Waals surface area contributed by atoms with Gasteiger partial charge < -0.3 is 105 Å². The van der Waals surface area contributed by atoms with Crippen LogP contribution in [0.3, 0.4) is 0 Å². The summed E-state index contributed by atoms with van der Waals surface area (Å²) >= 11 is 1.69. The molecule has 12 N–H and O–H groups in total. The first-order valence-electron chi connectivity index (χ1n) is 19.9. The summed E-state index contributed by atoms with van der Waals surface area (Å²) < 4.78 is 49.4. The first-order valence-corrected chi connectivity index (χ1v) is 21.1. The first kappa shape index (κ1) is 51.6. The standard InChI is InChI=1S/C36H59N3O22S/c1-16(2)29(48)37-9-12-62-11-6-4-5-10-53-34(51)38-7-8-39-35(52)54-15-19-27(25(47)28-32(57-19)61-36(3,60-28)33(49)50)59-31-24(46)22(44)26(18(14-41)56-31)58-30-23(45)21(43)20(42)17(13-40)55-30/h17-28,30-32,40-47H,1,4-15H2,2-3H3,(H,37,48)(H,38,51)(H,39,52)(H,49,50). The van der Waals surface area contributed by atoms with Gasteiger partial charge in [0.1, 0.15) is 79.9 Å². The summed E-state index contributed by atoms with van der Waals surface area (Å²) in [7, 11) is 0. The Morgan fingerprint density at radius 3 is 1.89 bits per heavy atom. The monoisotopic (exact) mass is 917 g/mol. The number of fused-ring (bicyclic) bond motifs is 1. The van der Waals surface area contributed by atoms with E-state index in [9.17, 15) is 65.1 Å². The topological polar surface area (TPSA) is 370 Å². The molecule has 0 aromatic rings. The normalized spacial score (nSPS) is 36.8. The molecule has 356 valence electrons. The molecule has 16 atom stereocenters. The van der Waals surface area contributed by atoms with Gasteiger partial charge in [-0.2, -0.15) is 11.8 Å². The van der Waals surface area contributed by atoms with Gasteiger partial charge in [0.05, 0.1) is 19.8 Å². The fourth-order valence-corrected chi connectivity index (χ4v) is 7.44. The zero-order valence-electron chi connectivity index (χ0n) is 34.1. The number of aliphatic carboxylic acids is 1. The maximum Gasteiger partial charge on any atom is 0.407 e. The number of thioether (sulfide) groups is 1. The minimum atomic E-state index is -2.29. The second-order valence-corrected chi connectivity index (χ2v) is 16.1. The molecule has 25 nitrogen and oxygen atoms in total. The predicted octanol–water partition coefficient (Wildman–Crippen LogP) is -4.65. The largest absolute Gasteiger partial charge is 0.477 e. The highest BCUT2D eigenvalue weighted by molar-refractivity contribution is 7.99. The fraction of sp³-hybridized carbons (Fsp3) is 0.833. The van der Waals surface area contributed by atoms with Crippen molar-refractivity contribution >= 4 is 35.8 Å². The quantitative estimate of drug-likeness (QED) is 0.0359. The Labute approximate surface area is 359 Å². The highest BCUT2D eigenvalue weighted by Gasteiger charge is 2.60. The Morgan fingerprint density at radius 1 is 0.677 bits per heavy atom. The summed E-state index contributed by atoms with van der Waals surface area (Å²) in [5.41, 5.74) is 0.455. The number of ether oxygens (including phenoxy) is 9. The van der Waals surface area contributed by atoms with E-state index in [0.29, 0.717) is 18.5 Å². The smallest absolute Gasteiger partial charge is 0.407 e. The van der Waals surface area contributed by atoms with Crippen LogP contribution in [-0.4, -0.2) is 225 Å². The molecular weight excluding hydrogens is 858 g/mol. The lowest BCUT2D eigenvalue weighted by molar-refractivity contribution is -0.374. The van der Waals surface area contributed by atoms with Crippen LogP contribution in [0.4, 0.5) is 9.59 Å². The van der Waals surface area contributed by atoms with E-state index in [-0.39, 0.29) is 25.6 Å². The van der Waals surface area contributed by atoms with E-state index in [4.69, 9.17) is 42.6 Å². The molecule has 4 fully saturated rings. The molecule has 16 unspecified atom stereocenters. The Hall–Kier alpha value is -3.03. The van der Waals surface area contributed by atoms with Crippen molar-refractivity contribution in [3.63, 3.8) is 0 Å². The molecule has 0 saturated carbocycles. The number of carbonyl (C=O) groups is 4. The summed E-state index contributed by atoms with van der Waals surface area (Å²) in [5, 5.41) is 101. The number of carboxylic acids is 1. The second-order valence-electron chi connectivity index (χ2n) is 14.9. The first-order chi connectivity index (χ1) is 29.4. The van der Waals surface area contributed by atoms with Gasteiger partial charge >= 0.3 is 18.2 Å². The molecular formula is C36H59N3O22S. The van der Waals surface area contributed by atoms with Crippen LogP contribution < -0.4 is 16.0 Å². The molecule has 0 aromatic heterocycles. The minimum Gasteiger partial charge on any atom is -0.477 e. The van der Waals surface area contributed by atoms with E-state index < -0.39 is 136 Å². The summed E-state index contributed by atoms with van der Waals surface area (Å²) in [6, 6.07) is 0. The van der Waals surface area contributed by atoms with Crippen LogP contribution in [0, 0.1) is 0 Å². The zero-order valence-corrected chi connectivity index (χ0v) is 34.9. The molecule has 0 spiro atoms. The maximum atomic E-state index is 12.6. The number of hydrogen-bond acceptors (Lipinski definition) is 22. The lowest BCUT2D eigenvalue weighted by Gasteiger charge is -2.47. The van der Waals surface area contributed by atoms with Crippen LogP contribution in [0.1, 0.15) is 33.1 Å². The summed E-state index contributed by atoms with van der Waals surface area (Å²) in [6.07, 6.45) is -25.3. The van der Waals surface area contributed by atoms with Crippen molar-refractivity contribution in [1.29, 1.82) is 0 Å². The number of aliphatic hydroxyl groups is 8. The number of rotatable bonds is 22. The average Bonchev–Trinajstić information content (AvgIpc) is 3.60. The number of unbranched alkanes of at least 4 members (excludes halogenated alkanes) is 2. The molecule has 0 aromatic carbocycles. The van der Waals surface area contributed by atoms with Crippen molar-refractivity contribution in [3.8, 4) is 0 Å². The van der Waals surface area contributed by atoms with E-state index in [0.717, 1.165) is 31.3 Å². The second kappa shape index (κ2) is 24.3. The van der Waals surface area contributed by atoms with E-state index >= 15 is 0 Å². The van der Waals surface area contributed by atoms with Crippen molar-refractivity contribution < 1.29 is 108 Å². The fourth-order valence-electron chi connectivity index (χ4n) is 6.58. The van der Waals surface area contributed by atoms with E-state index in [1.54, 1.807) is 18.7 Å². The SMILES string of the molecule is C=C(C)C(=O)NCCSCCCCCOC(=O)NCCNC(=O)OCC1OC2OC(C)(C(=O)O)OC2C(O)C1OC1OC(CO)C(OC2OC(CO)C(O)C(O)C2O)C(O)C1O. The number of aliphatic hydroxyl groups excluding tert-OH is 8. The van der Waals surface area contributed by atoms with E-state index in [2.05, 4.69) is 22.5 Å². The van der Waals surface area contributed by atoms with Crippen molar-refractivity contribution in [2.75, 3.05) is 57.6 Å². The van der Waals surface area contributed by atoms with Gasteiger partial charge in [0.15, 0.2) is 18.9 Å². The molecule has 0 radical (unpaired) electrons. The van der Waals surface area contributed by atoms with Gasteiger partial charge in [0.2, 0.25) is 5.91 Å². The summed E-state index contributed by atoms with van der Waals surface area (Å²) in [5.74, 6) is -2.38. The molecule has 4 rings (SSSR count). The molecule has 0 bridgehead atoms. The molecule has 4 heterocycles. The highest BCUT2D eigenvalue weighted by Crippen LogP contribution is 2.39. The van der Waals surface area contributed by atoms with Crippen LogP contribution in [0.5, 0.6) is 0 Å². The number of hydrogen-bond donors (Lipinski definition) is 12. The van der Waals surface area contributed by atoms with Gasteiger partial charge in [-0.3, -0.25) is 4.79 Å². The van der Waals surface area contributed by atoms with Crippen molar-refractivity contribution in [2.24, 2.45) is 0 Å². The number of nitrogens with one attached hydrogen (secondary N) is 3. The number of carbonyl (C=O) groups excluding carboxylic acids is 3. The van der Waals surface area contributed by atoms with Crippen LogP contribution in [0.15, 0.2) is 12.2 Å². The summed E-state index contributed by atoms with van der Waals surface area (Å²) in [6.45, 7) is 4.44. The molecule has 4 saturated heterocycles. The third kappa shape index (κ3) is 13.7.